The van der Waals surface area contributed by atoms with Crippen LogP contribution < -0.4 is 0 Å². The second-order valence-corrected chi connectivity index (χ2v) is 8.29. The molecule has 9 heteroatoms. The second-order valence-electron chi connectivity index (χ2n) is 7.34. The number of carbonyl (C=O) groups is 1. The Balaban J connectivity index is 1.44. The van der Waals surface area contributed by atoms with Crippen LogP contribution in [0.15, 0.2) is 52.4 Å². The molecule has 0 unspecified atom stereocenters. The molecule has 8 nitrogen and oxygen atoms in total. The van der Waals surface area contributed by atoms with Crippen LogP contribution in [0.25, 0.3) is 33.0 Å². The lowest BCUT2D eigenvalue weighted by atomic mass is 10.1. The number of ether oxygens (including phenoxy) is 1. The fraction of sp³-hybridized carbons (Fsp3) is 0.174. The average molecular weight is 446 g/mol. The minimum absolute atomic E-state index is 0.130. The Labute approximate surface area is 187 Å². The van der Waals surface area contributed by atoms with E-state index in [2.05, 4.69) is 15.2 Å². The first-order chi connectivity index (χ1) is 15.5. The average Bonchev–Trinajstić information content (AvgIpc) is 3.53. The fourth-order valence-corrected chi connectivity index (χ4v) is 4.29. The lowest BCUT2D eigenvalue weighted by molar-refractivity contribution is 0.0432. The maximum atomic E-state index is 13.1. The molecule has 1 aromatic carbocycles. The van der Waals surface area contributed by atoms with Gasteiger partial charge in [0.2, 0.25) is 5.82 Å². The summed E-state index contributed by atoms with van der Waals surface area (Å²) in [6.07, 6.45) is 0. The van der Waals surface area contributed by atoms with E-state index < -0.39 is 5.97 Å². The van der Waals surface area contributed by atoms with Gasteiger partial charge in [0.05, 0.1) is 27.2 Å². The summed E-state index contributed by atoms with van der Waals surface area (Å²) in [6, 6.07) is 13.4. The SMILES string of the molecule is Cc1ccccc1-c1noc(COC(=O)c2cc(-c3cccs3)nc3c2c(C)nn3C)n1. The normalized spacial score (nSPS) is 11.2. The van der Waals surface area contributed by atoms with Gasteiger partial charge in [-0.2, -0.15) is 10.1 Å². The van der Waals surface area contributed by atoms with E-state index in [4.69, 9.17) is 14.2 Å². The number of aromatic nitrogens is 5. The molecule has 0 saturated heterocycles. The molecular formula is C23H19N5O3S. The predicted octanol–water partition coefficient (Wildman–Crippen LogP) is 4.72. The zero-order chi connectivity index (χ0) is 22.2. The maximum absolute atomic E-state index is 13.1. The zero-order valence-corrected chi connectivity index (χ0v) is 18.5. The Morgan fingerprint density at radius 2 is 2.00 bits per heavy atom. The number of benzene rings is 1. The largest absolute Gasteiger partial charge is 0.452 e. The van der Waals surface area contributed by atoms with Gasteiger partial charge in [-0.15, -0.1) is 11.3 Å². The molecule has 0 radical (unpaired) electrons. The van der Waals surface area contributed by atoms with Crippen molar-refractivity contribution in [2.75, 3.05) is 0 Å². The van der Waals surface area contributed by atoms with Crippen molar-refractivity contribution in [1.29, 1.82) is 0 Å². The first kappa shape index (κ1) is 20.1. The number of aryl methyl sites for hydroxylation is 3. The third-order valence-corrected chi connectivity index (χ3v) is 6.04. The number of hydrogen-bond acceptors (Lipinski definition) is 8. The molecule has 32 heavy (non-hydrogen) atoms. The van der Waals surface area contributed by atoms with E-state index in [0.717, 1.165) is 16.0 Å². The molecule has 0 N–H and O–H groups in total. The van der Waals surface area contributed by atoms with E-state index in [1.54, 1.807) is 29.1 Å². The van der Waals surface area contributed by atoms with Crippen LogP contribution in [0, 0.1) is 13.8 Å². The highest BCUT2D eigenvalue weighted by Crippen LogP contribution is 2.30. The summed E-state index contributed by atoms with van der Waals surface area (Å²) in [6.45, 7) is 3.69. The van der Waals surface area contributed by atoms with Crippen molar-refractivity contribution < 1.29 is 14.1 Å². The quantitative estimate of drug-likeness (QED) is 0.361. The Bertz CT molecular complexity index is 1440. The third-order valence-electron chi connectivity index (χ3n) is 5.14. The van der Waals surface area contributed by atoms with Gasteiger partial charge in [0.15, 0.2) is 12.3 Å². The van der Waals surface area contributed by atoms with Gasteiger partial charge in [-0.3, -0.25) is 4.68 Å². The molecule has 4 aromatic heterocycles. The van der Waals surface area contributed by atoms with Crippen LogP contribution in [0.5, 0.6) is 0 Å². The van der Waals surface area contributed by atoms with Crippen molar-refractivity contribution in [1.82, 2.24) is 24.9 Å². The van der Waals surface area contributed by atoms with E-state index in [9.17, 15) is 4.79 Å². The van der Waals surface area contributed by atoms with Crippen LogP contribution in [0.2, 0.25) is 0 Å². The molecule has 0 spiro atoms. The molecule has 0 aliphatic heterocycles. The van der Waals surface area contributed by atoms with Crippen LogP contribution in [0.1, 0.15) is 27.5 Å². The van der Waals surface area contributed by atoms with Crippen LogP contribution in [-0.4, -0.2) is 30.9 Å². The molecule has 0 amide bonds. The Morgan fingerprint density at radius 3 is 2.78 bits per heavy atom. The third kappa shape index (κ3) is 3.56. The van der Waals surface area contributed by atoms with E-state index >= 15 is 0 Å². The summed E-state index contributed by atoms with van der Waals surface area (Å²) in [5.41, 5.74) is 4.34. The van der Waals surface area contributed by atoms with Gasteiger partial charge in [-0.05, 0) is 36.9 Å². The molecule has 0 atom stereocenters. The summed E-state index contributed by atoms with van der Waals surface area (Å²) in [7, 11) is 1.81. The van der Waals surface area contributed by atoms with E-state index in [0.29, 0.717) is 33.8 Å². The van der Waals surface area contributed by atoms with Crippen molar-refractivity contribution in [3.8, 4) is 22.0 Å². The van der Waals surface area contributed by atoms with Gasteiger partial charge in [-0.25, -0.2) is 9.78 Å². The number of carbonyl (C=O) groups excluding carboxylic acids is 1. The Kier molecular flexibility index (Phi) is 5.02. The summed E-state index contributed by atoms with van der Waals surface area (Å²) in [5.74, 6) is 0.189. The number of rotatable bonds is 5. The van der Waals surface area contributed by atoms with Gasteiger partial charge in [0.1, 0.15) is 0 Å². The van der Waals surface area contributed by atoms with Crippen molar-refractivity contribution in [2.24, 2.45) is 7.05 Å². The number of fused-ring (bicyclic) bond motifs is 1. The molecular weight excluding hydrogens is 426 g/mol. The zero-order valence-electron chi connectivity index (χ0n) is 17.7. The number of nitrogens with zero attached hydrogens (tertiary/aromatic N) is 5. The van der Waals surface area contributed by atoms with Crippen molar-refractivity contribution in [2.45, 2.75) is 20.5 Å². The predicted molar refractivity (Wildman–Crippen MR) is 120 cm³/mol. The molecule has 5 rings (SSSR count). The minimum Gasteiger partial charge on any atom is -0.452 e. The highest BCUT2D eigenvalue weighted by Gasteiger charge is 2.21. The first-order valence-electron chi connectivity index (χ1n) is 9.95. The second kappa shape index (κ2) is 8.01. The van der Waals surface area contributed by atoms with Crippen LogP contribution in [-0.2, 0) is 18.4 Å². The molecule has 0 saturated carbocycles. The summed E-state index contributed by atoms with van der Waals surface area (Å²) in [4.78, 5) is 23.1. The van der Waals surface area contributed by atoms with Crippen LogP contribution in [0.3, 0.4) is 0 Å². The van der Waals surface area contributed by atoms with E-state index in [-0.39, 0.29) is 12.5 Å². The molecule has 160 valence electrons. The summed E-state index contributed by atoms with van der Waals surface area (Å²) >= 11 is 1.55. The van der Waals surface area contributed by atoms with E-state index in [1.807, 2.05) is 55.6 Å². The standard InChI is InChI=1S/C23H19N5O3S/c1-13-7-4-5-8-15(13)21-25-19(31-27-21)12-30-23(29)16-11-17(18-9-6-10-32-18)24-22-20(16)14(2)26-28(22)3/h4-11H,12H2,1-3H3. The van der Waals surface area contributed by atoms with Gasteiger partial charge in [0, 0.05) is 12.6 Å². The fourth-order valence-electron chi connectivity index (χ4n) is 3.61. The highest BCUT2D eigenvalue weighted by atomic mass is 32.1. The van der Waals surface area contributed by atoms with Gasteiger partial charge in [0.25, 0.3) is 5.89 Å². The minimum atomic E-state index is -0.498. The topological polar surface area (TPSA) is 95.9 Å². The maximum Gasteiger partial charge on any atom is 0.339 e. The van der Waals surface area contributed by atoms with Gasteiger partial charge in [-0.1, -0.05) is 35.5 Å². The van der Waals surface area contributed by atoms with Crippen molar-refractivity contribution in [3.05, 3.63) is 70.6 Å². The molecule has 0 aliphatic carbocycles. The Hall–Kier alpha value is -3.85. The lowest BCUT2D eigenvalue weighted by Crippen LogP contribution is -2.07. The monoisotopic (exact) mass is 445 g/mol. The molecule has 0 fully saturated rings. The van der Waals surface area contributed by atoms with Crippen LogP contribution >= 0.6 is 11.3 Å². The lowest BCUT2D eigenvalue weighted by Gasteiger charge is -2.07. The number of hydrogen-bond donors (Lipinski definition) is 0. The first-order valence-corrected chi connectivity index (χ1v) is 10.8. The van der Waals surface area contributed by atoms with E-state index in [1.165, 1.54) is 0 Å². The number of thiophene rings is 1. The molecule has 0 aliphatic rings. The Morgan fingerprint density at radius 1 is 1.16 bits per heavy atom. The number of pyridine rings is 1. The summed E-state index contributed by atoms with van der Waals surface area (Å²) in [5, 5.41) is 11.1. The van der Waals surface area contributed by atoms with Crippen molar-refractivity contribution in [3.63, 3.8) is 0 Å². The molecule has 4 heterocycles. The number of esters is 1. The van der Waals surface area contributed by atoms with Crippen LogP contribution in [0.4, 0.5) is 0 Å². The highest BCUT2D eigenvalue weighted by molar-refractivity contribution is 7.13. The van der Waals surface area contributed by atoms with Crippen molar-refractivity contribution >= 4 is 28.3 Å². The molecule has 0 bridgehead atoms. The molecule has 5 aromatic rings. The summed E-state index contributed by atoms with van der Waals surface area (Å²) < 4.78 is 12.5. The van der Waals surface area contributed by atoms with Gasteiger partial charge >= 0.3 is 5.97 Å². The smallest absolute Gasteiger partial charge is 0.339 e. The van der Waals surface area contributed by atoms with Gasteiger partial charge < -0.3 is 9.26 Å².